The van der Waals surface area contributed by atoms with Gasteiger partial charge in [-0.15, -0.1) is 0 Å². The highest BCUT2D eigenvalue weighted by Gasteiger charge is 2.58. The molecule has 0 aromatic heterocycles. The Labute approximate surface area is 165 Å². The lowest BCUT2D eigenvalue weighted by Crippen LogP contribution is -2.61. The summed E-state index contributed by atoms with van der Waals surface area (Å²) < 4.78 is 14.6. The van der Waals surface area contributed by atoms with Gasteiger partial charge in [0.15, 0.2) is 0 Å². The Morgan fingerprint density at radius 1 is 1.29 bits per heavy atom. The molecule has 2 heterocycles. The minimum Gasteiger partial charge on any atom is -0.477 e. The van der Waals surface area contributed by atoms with Crippen LogP contribution in [0.3, 0.4) is 0 Å². The minimum atomic E-state index is -1.29. The number of rotatable bonds is 9. The first-order valence-electron chi connectivity index (χ1n) is 8.23. The molecule has 0 aliphatic carbocycles. The van der Waals surface area contributed by atoms with Crippen LogP contribution < -0.4 is 5.32 Å². The molecule has 0 bridgehead atoms. The van der Waals surface area contributed by atoms with Crippen LogP contribution in [0.1, 0.15) is 6.92 Å². The smallest absolute Gasteiger partial charge is 0.477 e. The van der Waals surface area contributed by atoms with Gasteiger partial charge in [-0.2, -0.15) is 0 Å². The monoisotopic (exact) mass is 412 g/mol. The first-order chi connectivity index (χ1) is 13.3. The minimum absolute atomic E-state index is 0.00985. The van der Waals surface area contributed by atoms with Gasteiger partial charge in [-0.3, -0.25) is 9.69 Å². The Bertz CT molecular complexity index is 735. The van der Waals surface area contributed by atoms with E-state index in [0.29, 0.717) is 4.91 Å². The van der Waals surface area contributed by atoms with Gasteiger partial charge in [0.1, 0.15) is 36.3 Å². The van der Waals surface area contributed by atoms with E-state index in [-0.39, 0.29) is 25.5 Å². The molecule has 28 heavy (non-hydrogen) atoms. The van der Waals surface area contributed by atoms with E-state index in [2.05, 4.69) is 18.5 Å². The van der Waals surface area contributed by atoms with Gasteiger partial charge in [-0.05, 0) is 6.92 Å². The largest absolute Gasteiger partial charge is 0.508 e. The maximum atomic E-state index is 12.5. The van der Waals surface area contributed by atoms with Gasteiger partial charge < -0.3 is 24.6 Å². The van der Waals surface area contributed by atoms with Crippen LogP contribution in [0.5, 0.6) is 0 Å². The molecule has 2 N–H and O–H groups in total. The van der Waals surface area contributed by atoms with Crippen LogP contribution in [0.25, 0.3) is 0 Å². The van der Waals surface area contributed by atoms with E-state index in [1.165, 1.54) is 19.1 Å². The van der Waals surface area contributed by atoms with Gasteiger partial charge in [0.2, 0.25) is 5.91 Å². The molecule has 2 rings (SSSR count). The van der Waals surface area contributed by atoms with Crippen LogP contribution in [0.15, 0.2) is 35.9 Å². The van der Waals surface area contributed by atoms with Gasteiger partial charge in [-0.1, -0.05) is 37.1 Å². The van der Waals surface area contributed by atoms with Gasteiger partial charge >= 0.3 is 18.2 Å². The second-order valence-electron chi connectivity index (χ2n) is 5.73. The summed E-state index contributed by atoms with van der Waals surface area (Å²) in [6.07, 6.45) is 0.259. The summed E-state index contributed by atoms with van der Waals surface area (Å²) in [7, 11) is 0. The summed E-state index contributed by atoms with van der Waals surface area (Å²) in [4.78, 5) is 48.6. The fourth-order valence-corrected chi connectivity index (χ4v) is 4.23. The molecule has 2 amide bonds. The van der Waals surface area contributed by atoms with Crippen molar-refractivity contribution in [3.05, 3.63) is 35.9 Å². The van der Waals surface area contributed by atoms with E-state index in [1.54, 1.807) is 0 Å². The molecule has 152 valence electrons. The van der Waals surface area contributed by atoms with Crippen molar-refractivity contribution in [2.45, 2.75) is 18.4 Å². The van der Waals surface area contributed by atoms with Crippen molar-refractivity contribution in [2.24, 2.45) is 5.92 Å². The van der Waals surface area contributed by atoms with Crippen molar-refractivity contribution in [3.8, 4) is 0 Å². The number of thioether (sulfide) groups is 1. The number of β-lactam (4-membered cyclic amide) rings is 1. The van der Waals surface area contributed by atoms with E-state index in [1.807, 2.05) is 0 Å². The molecule has 0 saturated carbocycles. The summed E-state index contributed by atoms with van der Waals surface area (Å²) in [5.41, 5.74) is -0.207. The number of nitrogens with one attached hydrogen (secondary N) is 1. The molecule has 2 aliphatic heterocycles. The lowest BCUT2D eigenvalue weighted by Gasteiger charge is -2.44. The number of nitrogens with zero attached hydrogens (tertiary/aromatic N) is 1. The Balaban J connectivity index is 2.02. The molecular weight excluding hydrogens is 392 g/mol. The molecule has 0 radical (unpaired) electrons. The number of fused-ring (bicyclic) bond motifs is 1. The molecule has 2 aliphatic rings. The Hall–Kier alpha value is -2.95. The highest BCUT2D eigenvalue weighted by atomic mass is 32.2. The predicted octanol–water partition coefficient (Wildman–Crippen LogP) is 1.45. The predicted molar refractivity (Wildman–Crippen MR) is 98.0 cm³/mol. The molecule has 3 atom stereocenters. The van der Waals surface area contributed by atoms with Crippen LogP contribution >= 0.6 is 11.8 Å². The molecule has 1 fully saturated rings. The number of amides is 2. The van der Waals surface area contributed by atoms with Crippen molar-refractivity contribution in [1.29, 1.82) is 0 Å². The second-order valence-corrected chi connectivity index (χ2v) is 6.94. The number of hydrogen-bond donors (Lipinski definition) is 2. The second kappa shape index (κ2) is 9.31. The van der Waals surface area contributed by atoms with E-state index in [4.69, 9.17) is 14.2 Å². The van der Waals surface area contributed by atoms with Gasteiger partial charge in [0.05, 0.1) is 6.54 Å². The summed E-state index contributed by atoms with van der Waals surface area (Å²) >= 11 is 1.11. The van der Waals surface area contributed by atoms with E-state index in [9.17, 15) is 24.3 Å². The number of carboxylic acid groups (broad SMARTS) is 1. The fraction of sp³-hybridized carbons (Fsp3) is 0.412. The van der Waals surface area contributed by atoms with Crippen molar-refractivity contribution in [2.75, 3.05) is 19.8 Å². The average Bonchev–Trinajstić information content (AvgIpc) is 2.97. The maximum absolute atomic E-state index is 12.5. The summed E-state index contributed by atoms with van der Waals surface area (Å²) in [6, 6.07) is 0. The van der Waals surface area contributed by atoms with Crippen LogP contribution in [0.4, 0.5) is 9.59 Å². The zero-order chi connectivity index (χ0) is 20.8. The average molecular weight is 412 g/mol. The summed E-state index contributed by atoms with van der Waals surface area (Å²) in [6.45, 7) is 8.21. The Morgan fingerprint density at radius 2 is 1.93 bits per heavy atom. The van der Waals surface area contributed by atoms with E-state index >= 15 is 0 Å². The third-order valence-corrected chi connectivity index (χ3v) is 5.26. The van der Waals surface area contributed by atoms with E-state index in [0.717, 1.165) is 16.7 Å². The van der Waals surface area contributed by atoms with Crippen molar-refractivity contribution < 1.29 is 38.5 Å². The molecular formula is C17H20N2O8S. The number of ether oxygens (including phenoxy) is 3. The van der Waals surface area contributed by atoms with Gasteiger partial charge in [-0.25, -0.2) is 14.4 Å². The first kappa shape index (κ1) is 21.4. The number of aliphatic carboxylic acids is 1. The summed E-state index contributed by atoms with van der Waals surface area (Å²) in [5.74, 6) is -2.51. The standard InChI is InChI=1S/C17H20N2O8S/c1-4-6-25-16(23)18-8-10-12(15(21)22)19-13(20)11(14(19)28-10)9(3)27-17(24)26-7-5-2/h4-5,9,11,14H,1-2,6-8H2,3H3,(H,18,23)(H,21,22)/t9-,11+,14-/m1/s1. The van der Waals surface area contributed by atoms with Crippen LogP contribution in [-0.2, 0) is 23.8 Å². The Morgan fingerprint density at radius 3 is 2.54 bits per heavy atom. The van der Waals surface area contributed by atoms with Crippen molar-refractivity contribution >= 4 is 35.9 Å². The normalized spacial score (nSPS) is 21.2. The molecule has 0 unspecified atom stereocenters. The highest BCUT2D eigenvalue weighted by molar-refractivity contribution is 8.04. The third kappa shape index (κ3) is 4.47. The zero-order valence-electron chi connectivity index (χ0n) is 15.1. The topological polar surface area (TPSA) is 131 Å². The maximum Gasteiger partial charge on any atom is 0.508 e. The van der Waals surface area contributed by atoms with Crippen LogP contribution in [0, 0.1) is 5.92 Å². The lowest BCUT2D eigenvalue weighted by molar-refractivity contribution is -0.157. The number of alkyl carbamates (subject to hydrolysis) is 1. The SMILES string of the molecule is C=CCOC(=O)NCC1=C(C(=O)O)N2C(=O)[C@H]([C@@H](C)OC(=O)OCC=C)[C@H]2S1. The number of carboxylic acids is 1. The lowest BCUT2D eigenvalue weighted by atomic mass is 9.92. The molecule has 10 nitrogen and oxygen atoms in total. The van der Waals surface area contributed by atoms with Crippen LogP contribution in [0.2, 0.25) is 0 Å². The number of carbonyl (C=O) groups is 4. The van der Waals surface area contributed by atoms with Crippen molar-refractivity contribution in [1.82, 2.24) is 10.2 Å². The zero-order valence-corrected chi connectivity index (χ0v) is 15.9. The molecule has 1 saturated heterocycles. The Kier molecular flexibility index (Phi) is 7.10. The fourth-order valence-electron chi connectivity index (χ4n) is 2.69. The van der Waals surface area contributed by atoms with Gasteiger partial charge in [0.25, 0.3) is 0 Å². The summed E-state index contributed by atoms with van der Waals surface area (Å²) in [5, 5.41) is 11.3. The number of carbonyl (C=O) groups excluding carboxylic acids is 3. The highest BCUT2D eigenvalue weighted by Crippen LogP contribution is 2.50. The molecule has 0 spiro atoms. The third-order valence-electron chi connectivity index (χ3n) is 3.89. The molecule has 11 heteroatoms. The van der Waals surface area contributed by atoms with Crippen LogP contribution in [-0.4, -0.2) is 65.4 Å². The van der Waals surface area contributed by atoms with Crippen molar-refractivity contribution in [3.63, 3.8) is 0 Å². The quantitative estimate of drug-likeness (QED) is 0.328. The van der Waals surface area contributed by atoms with Gasteiger partial charge in [0, 0.05) is 4.91 Å². The first-order valence-corrected chi connectivity index (χ1v) is 9.11. The number of hydrogen-bond acceptors (Lipinski definition) is 8. The molecule has 0 aromatic carbocycles. The molecule has 0 aromatic rings. The van der Waals surface area contributed by atoms with E-state index < -0.39 is 41.5 Å².